The molecule has 0 aromatic carbocycles. The fourth-order valence-electron chi connectivity index (χ4n) is 6.01. The number of amides is 1. The van der Waals surface area contributed by atoms with Crippen molar-refractivity contribution in [1.29, 1.82) is 0 Å². The van der Waals surface area contributed by atoms with Gasteiger partial charge < -0.3 is 15.2 Å². The molecule has 6 rings (SSSR count). The summed E-state index contributed by atoms with van der Waals surface area (Å²) in [6.07, 6.45) is 4.11. The van der Waals surface area contributed by atoms with Gasteiger partial charge in [-0.2, -0.15) is 4.39 Å². The number of rotatable bonds is 5. The number of aromatic nitrogens is 2. The number of aromatic amines is 1. The molecule has 3 heterocycles. The SMILES string of the molecule is CCc1ccc(C23CC(C2)C(N2CCN(c4ccc(C(=O)NC)nc4F)CC2)C3)[nH]c1=O. The maximum atomic E-state index is 14.5. The first-order valence-corrected chi connectivity index (χ1v) is 11.5. The second kappa shape index (κ2) is 7.99. The zero-order valence-corrected chi connectivity index (χ0v) is 18.7. The Bertz CT molecular complexity index is 1090. The van der Waals surface area contributed by atoms with Crippen LogP contribution in [0.2, 0.25) is 0 Å². The van der Waals surface area contributed by atoms with E-state index in [2.05, 4.69) is 26.3 Å². The molecule has 0 spiro atoms. The predicted octanol–water partition coefficient (Wildman–Crippen LogP) is 2.07. The number of pyridine rings is 2. The van der Waals surface area contributed by atoms with Gasteiger partial charge in [-0.3, -0.25) is 14.5 Å². The summed E-state index contributed by atoms with van der Waals surface area (Å²) in [7, 11) is 1.50. The molecule has 170 valence electrons. The minimum atomic E-state index is -0.596. The highest BCUT2D eigenvalue weighted by Crippen LogP contribution is 2.60. The lowest BCUT2D eigenvalue weighted by atomic mass is 9.67. The van der Waals surface area contributed by atoms with E-state index in [4.69, 9.17) is 0 Å². The Morgan fingerprint density at radius 2 is 1.94 bits per heavy atom. The first-order chi connectivity index (χ1) is 15.4. The number of aryl methyl sites for hydroxylation is 1. The van der Waals surface area contributed by atoms with Crippen molar-refractivity contribution in [3.05, 3.63) is 57.5 Å². The van der Waals surface area contributed by atoms with Crippen molar-refractivity contribution in [3.63, 3.8) is 0 Å². The second-order valence-electron chi connectivity index (χ2n) is 9.41. The summed E-state index contributed by atoms with van der Waals surface area (Å²) in [5.41, 5.74) is 2.66. The van der Waals surface area contributed by atoms with Gasteiger partial charge in [-0.25, -0.2) is 4.98 Å². The summed E-state index contributed by atoms with van der Waals surface area (Å²) in [5, 5.41) is 2.47. The van der Waals surface area contributed by atoms with Crippen LogP contribution in [0.25, 0.3) is 0 Å². The number of carbonyl (C=O) groups excluding carboxylic acids is 1. The number of nitrogens with zero attached hydrogens (tertiary/aromatic N) is 3. The molecule has 2 aromatic rings. The molecule has 4 aliphatic rings. The van der Waals surface area contributed by atoms with Gasteiger partial charge in [-0.15, -0.1) is 0 Å². The summed E-state index contributed by atoms with van der Waals surface area (Å²) in [6.45, 7) is 5.22. The summed E-state index contributed by atoms with van der Waals surface area (Å²) in [4.78, 5) is 35.5. The topological polar surface area (TPSA) is 81.3 Å². The quantitative estimate of drug-likeness (QED) is 0.698. The van der Waals surface area contributed by atoms with E-state index in [1.165, 1.54) is 7.05 Å². The van der Waals surface area contributed by atoms with E-state index in [1.807, 2.05) is 17.9 Å². The van der Waals surface area contributed by atoms with Crippen molar-refractivity contribution in [2.75, 3.05) is 38.1 Å². The van der Waals surface area contributed by atoms with Crippen LogP contribution in [-0.2, 0) is 11.8 Å². The molecule has 8 heteroatoms. The highest BCUT2D eigenvalue weighted by Gasteiger charge is 2.58. The van der Waals surface area contributed by atoms with E-state index in [9.17, 15) is 14.0 Å². The van der Waals surface area contributed by atoms with Gasteiger partial charge in [-0.1, -0.05) is 13.0 Å². The van der Waals surface area contributed by atoms with Crippen LogP contribution in [-0.4, -0.2) is 60.0 Å². The maximum Gasteiger partial charge on any atom is 0.269 e. The zero-order chi connectivity index (χ0) is 22.5. The molecule has 2 N–H and O–H groups in total. The normalized spacial score (nSPS) is 27.3. The molecular formula is C24H30FN5O2. The monoisotopic (exact) mass is 439 g/mol. The average Bonchev–Trinajstić information content (AvgIpc) is 3.36. The third-order valence-corrected chi connectivity index (χ3v) is 7.81. The van der Waals surface area contributed by atoms with Crippen LogP contribution >= 0.6 is 0 Å². The minimum absolute atomic E-state index is 0.0537. The number of carbonyl (C=O) groups is 1. The Labute approximate surface area is 187 Å². The molecule has 1 saturated heterocycles. The Kier molecular flexibility index (Phi) is 5.28. The number of halogens is 1. The van der Waals surface area contributed by atoms with Gasteiger partial charge in [0.1, 0.15) is 5.69 Å². The van der Waals surface area contributed by atoms with Crippen LogP contribution in [0.5, 0.6) is 0 Å². The van der Waals surface area contributed by atoms with Crippen LogP contribution in [0.1, 0.15) is 47.9 Å². The molecule has 0 radical (unpaired) electrons. The summed E-state index contributed by atoms with van der Waals surface area (Å²) in [5.74, 6) is -0.317. The molecule has 7 nitrogen and oxygen atoms in total. The predicted molar refractivity (Wildman–Crippen MR) is 121 cm³/mol. The molecule has 1 atom stereocenters. The lowest BCUT2D eigenvalue weighted by Crippen LogP contribution is -2.51. The fraction of sp³-hybridized carbons (Fsp3) is 0.542. The molecular weight excluding hydrogens is 409 g/mol. The van der Waals surface area contributed by atoms with Crippen LogP contribution in [0.3, 0.4) is 0 Å². The Morgan fingerprint density at radius 3 is 2.56 bits per heavy atom. The van der Waals surface area contributed by atoms with Crippen molar-refractivity contribution in [3.8, 4) is 0 Å². The first-order valence-electron chi connectivity index (χ1n) is 11.5. The molecule has 1 unspecified atom stereocenters. The third-order valence-electron chi connectivity index (χ3n) is 7.81. The van der Waals surface area contributed by atoms with E-state index in [1.54, 1.807) is 12.1 Å². The van der Waals surface area contributed by atoms with Crippen LogP contribution in [0.15, 0.2) is 29.1 Å². The van der Waals surface area contributed by atoms with E-state index in [0.29, 0.717) is 17.6 Å². The van der Waals surface area contributed by atoms with Crippen LogP contribution in [0, 0.1) is 11.9 Å². The highest BCUT2D eigenvalue weighted by atomic mass is 19.1. The lowest BCUT2D eigenvalue weighted by molar-refractivity contribution is 0.0957. The number of hydrogen-bond acceptors (Lipinski definition) is 5. The van der Waals surface area contributed by atoms with Crippen molar-refractivity contribution < 1.29 is 9.18 Å². The zero-order valence-electron chi connectivity index (χ0n) is 18.7. The van der Waals surface area contributed by atoms with Gasteiger partial charge in [0.15, 0.2) is 0 Å². The number of nitrogens with one attached hydrogen (secondary N) is 2. The van der Waals surface area contributed by atoms with Crippen molar-refractivity contribution in [2.45, 2.75) is 44.1 Å². The van der Waals surface area contributed by atoms with E-state index in [-0.39, 0.29) is 22.6 Å². The number of piperazine rings is 1. The highest BCUT2D eigenvalue weighted by molar-refractivity contribution is 5.92. The van der Waals surface area contributed by atoms with Crippen LogP contribution in [0.4, 0.5) is 10.1 Å². The number of hydrogen-bond donors (Lipinski definition) is 2. The molecule has 3 saturated carbocycles. The van der Waals surface area contributed by atoms with Gasteiger partial charge >= 0.3 is 0 Å². The summed E-state index contributed by atoms with van der Waals surface area (Å²) in [6, 6.07) is 7.85. The molecule has 1 amide bonds. The summed E-state index contributed by atoms with van der Waals surface area (Å²) < 4.78 is 14.5. The molecule has 2 aromatic heterocycles. The fourth-order valence-corrected chi connectivity index (χ4v) is 6.01. The van der Waals surface area contributed by atoms with Crippen LogP contribution < -0.4 is 15.8 Å². The van der Waals surface area contributed by atoms with Crippen molar-refractivity contribution in [1.82, 2.24) is 20.2 Å². The Hall–Kier alpha value is -2.74. The maximum absolute atomic E-state index is 14.5. The number of fused-ring (bicyclic) bond motifs is 1. The molecule has 4 fully saturated rings. The third kappa shape index (κ3) is 3.41. The van der Waals surface area contributed by atoms with Gasteiger partial charge in [0, 0.05) is 55.9 Å². The van der Waals surface area contributed by atoms with E-state index in [0.717, 1.165) is 63.1 Å². The van der Waals surface area contributed by atoms with Gasteiger partial charge in [0.25, 0.3) is 11.5 Å². The van der Waals surface area contributed by atoms with Gasteiger partial charge in [0.05, 0.1) is 5.69 Å². The molecule has 2 bridgehead atoms. The van der Waals surface area contributed by atoms with E-state index >= 15 is 0 Å². The van der Waals surface area contributed by atoms with Gasteiger partial charge in [-0.05, 0) is 49.8 Å². The van der Waals surface area contributed by atoms with Crippen molar-refractivity contribution >= 4 is 11.6 Å². The van der Waals surface area contributed by atoms with E-state index < -0.39 is 5.95 Å². The molecule has 3 aliphatic carbocycles. The molecule has 1 aliphatic heterocycles. The first kappa shape index (κ1) is 21.1. The smallest absolute Gasteiger partial charge is 0.269 e. The number of anilines is 1. The standard InChI is InChI=1S/C24H30FN5O2/c1-3-15-4-7-20(28-22(15)31)24-12-16(13-24)19(14-24)30-10-8-29(9-11-30)18-6-5-17(23(32)26-2)27-21(18)25/h4-7,16,19H,3,8-14H2,1-2H3,(H,26,32)(H,28,31). The minimum Gasteiger partial charge on any atom is -0.365 e. The number of H-pyrrole nitrogens is 1. The average molecular weight is 440 g/mol. The second-order valence-corrected chi connectivity index (χ2v) is 9.41. The van der Waals surface area contributed by atoms with Gasteiger partial charge in [0.2, 0.25) is 5.95 Å². The summed E-state index contributed by atoms with van der Waals surface area (Å²) >= 11 is 0. The lowest BCUT2D eigenvalue weighted by Gasteiger charge is -2.41. The largest absolute Gasteiger partial charge is 0.365 e. The van der Waals surface area contributed by atoms with Crippen molar-refractivity contribution in [2.24, 2.45) is 5.92 Å². The molecule has 32 heavy (non-hydrogen) atoms. The Balaban J connectivity index is 1.23. The Morgan fingerprint density at radius 1 is 1.19 bits per heavy atom.